The number of ether oxygens (including phenoxy) is 1. The first-order valence-electron chi connectivity index (χ1n) is 6.76. The van der Waals surface area contributed by atoms with Gasteiger partial charge in [-0.05, 0) is 30.7 Å². The number of hydrogen-bond acceptors (Lipinski definition) is 6. The van der Waals surface area contributed by atoms with Crippen molar-refractivity contribution in [2.45, 2.75) is 13.5 Å². The highest BCUT2D eigenvalue weighted by molar-refractivity contribution is 6.28. The zero-order valence-corrected chi connectivity index (χ0v) is 13.1. The van der Waals surface area contributed by atoms with Crippen molar-refractivity contribution in [1.29, 1.82) is 0 Å². The van der Waals surface area contributed by atoms with Gasteiger partial charge in [0, 0.05) is 18.2 Å². The van der Waals surface area contributed by atoms with Gasteiger partial charge in [-0.3, -0.25) is 10.1 Å². The van der Waals surface area contributed by atoms with Crippen LogP contribution in [0.25, 0.3) is 22.4 Å². The summed E-state index contributed by atoms with van der Waals surface area (Å²) in [6.07, 6.45) is 1.64. The Morgan fingerprint density at radius 2 is 2.17 bits per heavy atom. The summed E-state index contributed by atoms with van der Waals surface area (Å²) in [5.41, 5.74) is 1.94. The molecule has 0 atom stereocenters. The van der Waals surface area contributed by atoms with Gasteiger partial charge in [0.2, 0.25) is 5.28 Å². The van der Waals surface area contributed by atoms with Gasteiger partial charge in [0.05, 0.1) is 18.4 Å². The molecule has 0 radical (unpaired) electrons. The molecule has 0 aliphatic heterocycles. The molecule has 118 valence electrons. The van der Waals surface area contributed by atoms with Crippen molar-refractivity contribution in [3.8, 4) is 17.0 Å². The van der Waals surface area contributed by atoms with Gasteiger partial charge >= 0.3 is 5.69 Å². The quantitative estimate of drug-likeness (QED) is 0.413. The topological polar surface area (TPSA) is 96.0 Å². The maximum atomic E-state index is 11.2. The normalized spacial score (nSPS) is 10.9. The number of nitrogens with zero attached hydrogens (tertiary/aromatic N) is 5. The van der Waals surface area contributed by atoms with Gasteiger partial charge in [-0.15, -0.1) is 0 Å². The average molecular weight is 334 g/mol. The Kier molecular flexibility index (Phi) is 3.83. The Balaban J connectivity index is 2.26. The molecule has 8 nitrogen and oxygen atoms in total. The summed E-state index contributed by atoms with van der Waals surface area (Å²) in [5, 5.41) is 11.2. The summed E-state index contributed by atoms with van der Waals surface area (Å²) in [5.74, 6) is 0.175. The van der Waals surface area contributed by atoms with Gasteiger partial charge in [0.25, 0.3) is 0 Å². The van der Waals surface area contributed by atoms with Crippen molar-refractivity contribution in [3.05, 3.63) is 39.9 Å². The number of imidazole rings is 1. The van der Waals surface area contributed by atoms with Crippen LogP contribution in [-0.2, 0) is 6.54 Å². The van der Waals surface area contributed by atoms with Gasteiger partial charge in [0.15, 0.2) is 11.4 Å². The maximum absolute atomic E-state index is 11.2. The van der Waals surface area contributed by atoms with E-state index >= 15 is 0 Å². The monoisotopic (exact) mass is 333 g/mol. The van der Waals surface area contributed by atoms with E-state index in [1.54, 1.807) is 12.4 Å². The van der Waals surface area contributed by atoms with E-state index in [0.29, 0.717) is 29.0 Å². The van der Waals surface area contributed by atoms with Crippen LogP contribution in [0.15, 0.2) is 24.5 Å². The van der Waals surface area contributed by atoms with Gasteiger partial charge in [-0.1, -0.05) is 0 Å². The van der Waals surface area contributed by atoms with E-state index < -0.39 is 4.92 Å². The minimum atomic E-state index is -0.507. The van der Waals surface area contributed by atoms with Crippen LogP contribution in [-0.4, -0.2) is 31.6 Å². The van der Waals surface area contributed by atoms with E-state index in [1.165, 1.54) is 19.2 Å². The molecule has 0 unspecified atom stereocenters. The molecule has 0 aliphatic rings. The zero-order valence-electron chi connectivity index (χ0n) is 12.4. The van der Waals surface area contributed by atoms with Crippen molar-refractivity contribution >= 4 is 28.5 Å². The number of methoxy groups -OCH3 is 1. The van der Waals surface area contributed by atoms with Crippen LogP contribution in [0.2, 0.25) is 5.28 Å². The molecule has 23 heavy (non-hydrogen) atoms. The van der Waals surface area contributed by atoms with E-state index in [4.69, 9.17) is 16.3 Å². The van der Waals surface area contributed by atoms with Crippen molar-refractivity contribution in [2.24, 2.45) is 0 Å². The molecule has 1 aromatic carbocycles. The van der Waals surface area contributed by atoms with Crippen LogP contribution < -0.4 is 4.74 Å². The second kappa shape index (κ2) is 5.81. The third kappa shape index (κ3) is 2.57. The Hall–Kier alpha value is -2.74. The molecular weight excluding hydrogens is 322 g/mol. The first kappa shape index (κ1) is 15.2. The second-order valence-corrected chi connectivity index (χ2v) is 5.03. The summed E-state index contributed by atoms with van der Waals surface area (Å²) >= 11 is 6.00. The van der Waals surface area contributed by atoms with Crippen LogP contribution in [0.1, 0.15) is 6.92 Å². The molecule has 0 spiro atoms. The Labute approximate surface area is 135 Å². The molecule has 0 N–H and O–H groups in total. The van der Waals surface area contributed by atoms with Crippen molar-refractivity contribution < 1.29 is 9.66 Å². The molecule has 0 saturated heterocycles. The summed E-state index contributed by atoms with van der Waals surface area (Å²) < 4.78 is 6.83. The molecule has 3 rings (SSSR count). The fraction of sp³-hybridized carbons (Fsp3) is 0.214. The summed E-state index contributed by atoms with van der Waals surface area (Å²) in [6, 6.07) is 4.59. The number of hydrogen-bond donors (Lipinski definition) is 0. The minimum Gasteiger partial charge on any atom is -0.490 e. The number of fused-ring (bicyclic) bond motifs is 1. The van der Waals surface area contributed by atoms with Crippen molar-refractivity contribution in [1.82, 2.24) is 19.5 Å². The second-order valence-electron chi connectivity index (χ2n) is 4.69. The first-order valence-corrected chi connectivity index (χ1v) is 7.14. The maximum Gasteiger partial charge on any atom is 0.311 e. The largest absolute Gasteiger partial charge is 0.490 e. The average Bonchev–Trinajstić information content (AvgIpc) is 2.96. The number of nitro groups is 1. The number of benzene rings is 1. The van der Waals surface area contributed by atoms with E-state index in [-0.39, 0.29) is 16.7 Å². The fourth-order valence-electron chi connectivity index (χ4n) is 2.33. The molecule has 0 amide bonds. The molecule has 9 heteroatoms. The number of rotatable bonds is 4. The van der Waals surface area contributed by atoms with E-state index in [1.807, 2.05) is 11.5 Å². The lowest BCUT2D eigenvalue weighted by Gasteiger charge is -2.06. The molecule has 0 fully saturated rings. The van der Waals surface area contributed by atoms with Crippen LogP contribution in [0.4, 0.5) is 5.69 Å². The fourth-order valence-corrected chi connectivity index (χ4v) is 2.49. The highest BCUT2D eigenvalue weighted by Crippen LogP contribution is 2.34. The third-order valence-electron chi connectivity index (χ3n) is 3.43. The highest BCUT2D eigenvalue weighted by atomic mass is 35.5. The Morgan fingerprint density at radius 1 is 1.39 bits per heavy atom. The molecule has 3 aromatic rings. The van der Waals surface area contributed by atoms with E-state index in [2.05, 4.69) is 15.0 Å². The molecule has 0 aliphatic carbocycles. The number of aromatic nitrogens is 4. The number of halogens is 1. The zero-order chi connectivity index (χ0) is 16.6. The van der Waals surface area contributed by atoms with Crippen LogP contribution >= 0.6 is 11.6 Å². The lowest BCUT2D eigenvalue weighted by Crippen LogP contribution is -1.98. The van der Waals surface area contributed by atoms with Gasteiger partial charge in [0.1, 0.15) is 11.2 Å². The van der Waals surface area contributed by atoms with E-state index in [0.717, 1.165) is 0 Å². The first-order chi connectivity index (χ1) is 11.0. The molecule has 2 aromatic heterocycles. The van der Waals surface area contributed by atoms with Crippen LogP contribution in [0, 0.1) is 10.1 Å². The molecule has 2 heterocycles. The third-order valence-corrected chi connectivity index (χ3v) is 3.60. The highest BCUT2D eigenvalue weighted by Gasteiger charge is 2.19. The lowest BCUT2D eigenvalue weighted by atomic mass is 10.1. The van der Waals surface area contributed by atoms with Gasteiger partial charge in [-0.25, -0.2) is 9.97 Å². The summed E-state index contributed by atoms with van der Waals surface area (Å²) in [7, 11) is 1.38. The smallest absolute Gasteiger partial charge is 0.311 e. The van der Waals surface area contributed by atoms with Crippen molar-refractivity contribution in [2.75, 3.05) is 7.11 Å². The lowest BCUT2D eigenvalue weighted by molar-refractivity contribution is -0.385. The van der Waals surface area contributed by atoms with Crippen molar-refractivity contribution in [3.63, 3.8) is 0 Å². The molecule has 0 bridgehead atoms. The summed E-state index contributed by atoms with van der Waals surface area (Å²) in [4.78, 5) is 23.4. The van der Waals surface area contributed by atoms with Gasteiger partial charge < -0.3 is 9.30 Å². The molecular formula is C14H12ClN5O3. The summed E-state index contributed by atoms with van der Waals surface area (Å²) in [6.45, 7) is 2.63. The predicted molar refractivity (Wildman–Crippen MR) is 84.6 cm³/mol. The molecule has 0 saturated carbocycles. The number of nitro benzene ring substituents is 1. The number of aryl methyl sites for hydroxylation is 1. The Morgan fingerprint density at radius 3 is 2.83 bits per heavy atom. The predicted octanol–water partition coefficient (Wildman–Crippen LogP) is 3.08. The van der Waals surface area contributed by atoms with Crippen LogP contribution in [0.3, 0.4) is 0 Å². The minimum absolute atomic E-state index is 0.0566. The SMILES string of the molecule is CCn1cnc2c(-c3ccc(OC)c([N+](=O)[O-])c3)nc(Cl)nc21. The standard InChI is InChI=1S/C14H12ClN5O3/c1-3-19-7-16-12-11(17-14(15)18-13(12)19)8-4-5-10(23-2)9(6-8)20(21)22/h4-7H,3H2,1-2H3. The Bertz CT molecular complexity index is 909. The van der Waals surface area contributed by atoms with Gasteiger partial charge in [-0.2, -0.15) is 4.98 Å². The van der Waals surface area contributed by atoms with E-state index in [9.17, 15) is 10.1 Å². The van der Waals surface area contributed by atoms with Crippen LogP contribution in [0.5, 0.6) is 5.75 Å².